The summed E-state index contributed by atoms with van der Waals surface area (Å²) in [5.41, 5.74) is 2.42. The fourth-order valence-electron chi connectivity index (χ4n) is 2.32. The van der Waals surface area contributed by atoms with Crippen LogP contribution in [0.1, 0.15) is 0 Å². The fourth-order valence-corrected chi connectivity index (χ4v) is 4.08. The van der Waals surface area contributed by atoms with E-state index in [-0.39, 0.29) is 0 Å². The van der Waals surface area contributed by atoms with E-state index in [4.69, 9.17) is 46.4 Å². The molecule has 0 amide bonds. The topological polar surface area (TPSA) is 17.3 Å². The molecule has 3 rings (SSSR count). The van der Waals surface area contributed by atoms with E-state index < -0.39 is 0 Å². The molecule has 0 spiro atoms. The van der Waals surface area contributed by atoms with Crippen LogP contribution in [0.15, 0.2) is 59.4 Å². The lowest BCUT2D eigenvalue weighted by atomic mass is 10.1. The highest BCUT2D eigenvalue weighted by atomic mass is 35.5. The molecule has 7 heteroatoms. The Balaban J connectivity index is 2.19. The van der Waals surface area contributed by atoms with Gasteiger partial charge in [-0.2, -0.15) is 0 Å². The van der Waals surface area contributed by atoms with Crippen molar-refractivity contribution < 1.29 is 0 Å². The molecule has 0 bridgehead atoms. The van der Waals surface area contributed by atoms with Crippen LogP contribution in [0.4, 0.5) is 5.69 Å². The molecule has 128 valence electrons. The van der Waals surface area contributed by atoms with Gasteiger partial charge >= 0.3 is 0 Å². The zero-order valence-corrected chi connectivity index (χ0v) is 16.7. The standard InChI is InChI=1S/C18H12Cl4N2S/c1-2-8-24-16(12-7-6-11(19)9-14(12)21)10-25-18(24)23-15-5-3-4-13(20)17(15)22/h2-7,9-10H,1,8H2. The van der Waals surface area contributed by atoms with Crippen molar-refractivity contribution in [3.63, 3.8) is 0 Å². The number of hydrogen-bond acceptors (Lipinski definition) is 2. The van der Waals surface area contributed by atoms with Gasteiger partial charge in [0, 0.05) is 22.5 Å². The molecular formula is C18H12Cl4N2S. The minimum Gasteiger partial charge on any atom is -0.313 e. The van der Waals surface area contributed by atoms with Crippen molar-refractivity contribution >= 4 is 63.4 Å². The molecule has 0 aliphatic heterocycles. The van der Waals surface area contributed by atoms with Gasteiger partial charge in [-0.3, -0.25) is 0 Å². The smallest absolute Gasteiger partial charge is 0.190 e. The highest BCUT2D eigenvalue weighted by molar-refractivity contribution is 7.07. The molecule has 0 unspecified atom stereocenters. The molecule has 3 aromatic rings. The first-order chi connectivity index (χ1) is 12.0. The first kappa shape index (κ1) is 18.6. The molecule has 0 aliphatic rings. The number of halogens is 4. The Labute approximate surface area is 169 Å². The van der Waals surface area contributed by atoms with Crippen LogP contribution in [0.2, 0.25) is 20.1 Å². The average molecular weight is 430 g/mol. The molecule has 0 fully saturated rings. The maximum atomic E-state index is 6.36. The van der Waals surface area contributed by atoms with Crippen molar-refractivity contribution in [1.29, 1.82) is 0 Å². The van der Waals surface area contributed by atoms with Gasteiger partial charge in [-0.05, 0) is 30.3 Å². The van der Waals surface area contributed by atoms with Crippen molar-refractivity contribution in [3.05, 3.63) is 79.3 Å². The Bertz CT molecular complexity index is 1000. The zero-order valence-electron chi connectivity index (χ0n) is 12.8. The first-order valence-electron chi connectivity index (χ1n) is 7.24. The van der Waals surface area contributed by atoms with Crippen molar-refractivity contribution in [3.8, 4) is 11.3 Å². The monoisotopic (exact) mass is 428 g/mol. The summed E-state index contributed by atoms with van der Waals surface area (Å²) in [6, 6.07) is 10.8. The summed E-state index contributed by atoms with van der Waals surface area (Å²) in [4.78, 5) is 5.43. The van der Waals surface area contributed by atoms with Gasteiger partial charge in [0.05, 0.1) is 26.4 Å². The number of benzene rings is 2. The van der Waals surface area contributed by atoms with Crippen LogP contribution in [0.25, 0.3) is 11.3 Å². The summed E-state index contributed by atoms with van der Waals surface area (Å²) < 4.78 is 2.02. The normalized spacial score (nSPS) is 11.8. The Hall–Kier alpha value is -1.23. The molecule has 2 aromatic carbocycles. The summed E-state index contributed by atoms with van der Waals surface area (Å²) in [6.07, 6.45) is 1.80. The van der Waals surface area contributed by atoms with Crippen molar-refractivity contribution in [1.82, 2.24) is 4.57 Å². The van der Waals surface area contributed by atoms with Crippen LogP contribution < -0.4 is 4.80 Å². The van der Waals surface area contributed by atoms with Crippen LogP contribution >= 0.6 is 57.7 Å². The van der Waals surface area contributed by atoms with E-state index in [0.29, 0.717) is 32.3 Å². The fraction of sp³-hybridized carbons (Fsp3) is 0.0556. The van der Waals surface area contributed by atoms with Crippen LogP contribution in [0.3, 0.4) is 0 Å². The van der Waals surface area contributed by atoms with Crippen molar-refractivity contribution in [2.24, 2.45) is 4.99 Å². The molecule has 0 saturated carbocycles. The van der Waals surface area contributed by atoms with E-state index in [1.54, 1.807) is 18.2 Å². The molecular weight excluding hydrogens is 418 g/mol. The SMILES string of the molecule is C=CCn1c(-c2ccc(Cl)cc2Cl)csc1=Nc1cccc(Cl)c1Cl. The minimum absolute atomic E-state index is 0.425. The van der Waals surface area contributed by atoms with Gasteiger partial charge in [0.2, 0.25) is 0 Å². The third-order valence-corrected chi connectivity index (χ3v) is 5.68. The highest BCUT2D eigenvalue weighted by Gasteiger charge is 2.12. The van der Waals surface area contributed by atoms with E-state index >= 15 is 0 Å². The lowest BCUT2D eigenvalue weighted by Crippen LogP contribution is -2.14. The molecule has 0 atom stereocenters. The zero-order chi connectivity index (χ0) is 18.0. The van der Waals surface area contributed by atoms with Gasteiger partial charge < -0.3 is 4.57 Å². The average Bonchev–Trinajstić information content (AvgIpc) is 2.95. The summed E-state index contributed by atoms with van der Waals surface area (Å²) in [5.74, 6) is 0. The van der Waals surface area contributed by atoms with Crippen LogP contribution in [0.5, 0.6) is 0 Å². The number of thiazole rings is 1. The van der Waals surface area contributed by atoms with E-state index in [9.17, 15) is 0 Å². The number of rotatable bonds is 4. The van der Waals surface area contributed by atoms with Gasteiger partial charge in [-0.15, -0.1) is 17.9 Å². The Morgan fingerprint density at radius 3 is 2.60 bits per heavy atom. The van der Waals surface area contributed by atoms with E-state index in [0.717, 1.165) is 16.1 Å². The van der Waals surface area contributed by atoms with E-state index in [1.807, 2.05) is 34.2 Å². The molecule has 2 nitrogen and oxygen atoms in total. The maximum Gasteiger partial charge on any atom is 0.190 e. The number of aromatic nitrogens is 1. The third-order valence-electron chi connectivity index (χ3n) is 3.46. The predicted octanol–water partition coefficient (Wildman–Crippen LogP) is 7.25. The number of hydrogen-bond donors (Lipinski definition) is 0. The lowest BCUT2D eigenvalue weighted by molar-refractivity contribution is 0.800. The van der Waals surface area contributed by atoms with Crippen LogP contribution in [-0.4, -0.2) is 4.57 Å². The van der Waals surface area contributed by atoms with Gasteiger partial charge in [0.25, 0.3) is 0 Å². The van der Waals surface area contributed by atoms with E-state index in [1.165, 1.54) is 11.3 Å². The molecule has 0 N–H and O–H groups in total. The molecule has 0 saturated heterocycles. The number of nitrogens with zero attached hydrogens (tertiary/aromatic N) is 2. The van der Waals surface area contributed by atoms with Crippen molar-refractivity contribution in [2.75, 3.05) is 0 Å². The van der Waals surface area contributed by atoms with E-state index in [2.05, 4.69) is 11.6 Å². The largest absolute Gasteiger partial charge is 0.313 e. The molecule has 25 heavy (non-hydrogen) atoms. The first-order valence-corrected chi connectivity index (χ1v) is 9.64. The number of allylic oxidation sites excluding steroid dienone is 1. The molecule has 0 aliphatic carbocycles. The molecule has 1 aromatic heterocycles. The van der Waals surface area contributed by atoms with Crippen molar-refractivity contribution in [2.45, 2.75) is 6.54 Å². The summed E-state index contributed by atoms with van der Waals surface area (Å²) >= 11 is 26.2. The van der Waals surface area contributed by atoms with Gasteiger partial charge in [0.15, 0.2) is 4.80 Å². The summed E-state index contributed by atoms with van der Waals surface area (Å²) in [7, 11) is 0. The van der Waals surface area contributed by atoms with Crippen LogP contribution in [0, 0.1) is 0 Å². The predicted molar refractivity (Wildman–Crippen MR) is 110 cm³/mol. The minimum atomic E-state index is 0.425. The Kier molecular flexibility index (Phi) is 5.92. The maximum absolute atomic E-state index is 6.36. The van der Waals surface area contributed by atoms with Crippen LogP contribution in [-0.2, 0) is 6.54 Å². The summed E-state index contributed by atoms with van der Waals surface area (Å²) in [5, 5.41) is 4.06. The molecule has 0 radical (unpaired) electrons. The second kappa shape index (κ2) is 7.98. The lowest BCUT2D eigenvalue weighted by Gasteiger charge is -2.09. The van der Waals surface area contributed by atoms with Gasteiger partial charge in [0.1, 0.15) is 0 Å². The second-order valence-electron chi connectivity index (χ2n) is 5.11. The summed E-state index contributed by atoms with van der Waals surface area (Å²) in [6.45, 7) is 4.41. The Morgan fingerprint density at radius 1 is 1.08 bits per heavy atom. The quantitative estimate of drug-likeness (QED) is 0.388. The van der Waals surface area contributed by atoms with Gasteiger partial charge in [-0.1, -0.05) is 58.5 Å². The molecule has 1 heterocycles. The highest BCUT2D eigenvalue weighted by Crippen LogP contribution is 2.33. The van der Waals surface area contributed by atoms with Gasteiger partial charge in [-0.25, -0.2) is 4.99 Å². The Morgan fingerprint density at radius 2 is 1.88 bits per heavy atom. The third kappa shape index (κ3) is 3.97. The second-order valence-corrected chi connectivity index (χ2v) is 7.58.